The van der Waals surface area contributed by atoms with Crippen LogP contribution in [0.25, 0.3) is 11.2 Å². The molecule has 3 N–H and O–H groups in total. The Kier molecular flexibility index (Phi) is 5.94. The maximum Gasteiger partial charge on any atom is 0.510 e. The summed E-state index contributed by atoms with van der Waals surface area (Å²) in [6.45, 7) is 4.11. The Morgan fingerprint density at radius 2 is 2.17 bits per heavy atom. The van der Waals surface area contributed by atoms with E-state index < -0.39 is 31.7 Å². The molecule has 1 atom stereocenters. The summed E-state index contributed by atoms with van der Waals surface area (Å²) in [6, 6.07) is 0. The second-order valence-corrected chi connectivity index (χ2v) is 8.87. The molecule has 2 aromatic heterocycles. The quantitative estimate of drug-likeness (QED) is 0.194. The summed E-state index contributed by atoms with van der Waals surface area (Å²) in [6.07, 6.45) is 1.36. The van der Waals surface area contributed by atoms with Crippen molar-refractivity contribution in [2.24, 2.45) is 0 Å². The van der Waals surface area contributed by atoms with Crippen molar-refractivity contribution in [1.82, 2.24) is 19.5 Å². The van der Waals surface area contributed by atoms with Gasteiger partial charge in [-0.2, -0.15) is 4.98 Å². The number of ether oxygens (including phenoxy) is 2. The van der Waals surface area contributed by atoms with E-state index in [1.165, 1.54) is 13.0 Å². The molecular weight excluding hydrogens is 409 g/mol. The number of nitrogen functional groups attached to an aromatic ring is 1. The van der Waals surface area contributed by atoms with Crippen LogP contribution in [0.15, 0.2) is 11.1 Å². The van der Waals surface area contributed by atoms with Crippen LogP contribution in [0, 0.1) is 0 Å². The van der Waals surface area contributed by atoms with Crippen molar-refractivity contribution in [2.75, 3.05) is 19.2 Å². The van der Waals surface area contributed by atoms with Crippen LogP contribution in [0.4, 0.5) is 10.7 Å². The van der Waals surface area contributed by atoms with E-state index in [9.17, 15) is 14.2 Å². The molecular formula is C15H22N5O8P. The fraction of sp³-hybridized carbons (Fsp3) is 0.600. The van der Waals surface area contributed by atoms with Crippen molar-refractivity contribution in [1.29, 1.82) is 0 Å². The van der Waals surface area contributed by atoms with Gasteiger partial charge in [0.25, 0.3) is 5.56 Å². The number of H-pyrrole nitrogens is 1. The lowest BCUT2D eigenvalue weighted by atomic mass is 10.3. The van der Waals surface area contributed by atoms with Crippen LogP contribution in [-0.4, -0.2) is 50.8 Å². The molecule has 1 aliphatic carbocycles. The maximum atomic E-state index is 12.3. The highest BCUT2D eigenvalue weighted by atomic mass is 31.2. The third-order valence-corrected chi connectivity index (χ3v) is 4.82. The first-order valence-corrected chi connectivity index (χ1v) is 10.7. The second-order valence-electron chi connectivity index (χ2n) is 6.92. The number of aromatic nitrogens is 4. The largest absolute Gasteiger partial charge is 0.510 e. The van der Waals surface area contributed by atoms with Gasteiger partial charge < -0.3 is 19.8 Å². The molecule has 0 bridgehead atoms. The number of fused-ring (bicyclic) bond motifs is 1. The number of aromatic amines is 1. The average Bonchev–Trinajstić information content (AvgIpc) is 3.26. The second kappa shape index (κ2) is 8.11. The molecule has 160 valence electrons. The smallest absolute Gasteiger partial charge is 0.432 e. The van der Waals surface area contributed by atoms with Crippen LogP contribution in [0.3, 0.4) is 0 Å². The summed E-state index contributed by atoms with van der Waals surface area (Å²) in [5.41, 5.74) is 4.80. The SMILES string of the molecule is CC(C)OC(=O)OCOP(C)(=O)OOC1(Cn2cnc3c(=O)[nH]c(N)nc32)CC1. The highest BCUT2D eigenvalue weighted by molar-refractivity contribution is 7.52. The number of hydrogen-bond acceptors (Lipinski definition) is 11. The Balaban J connectivity index is 1.55. The van der Waals surface area contributed by atoms with E-state index in [0.717, 1.165) is 0 Å². The van der Waals surface area contributed by atoms with Gasteiger partial charge in [-0.05, 0) is 26.7 Å². The van der Waals surface area contributed by atoms with Crippen molar-refractivity contribution in [2.45, 2.75) is 44.9 Å². The Morgan fingerprint density at radius 3 is 2.83 bits per heavy atom. The molecule has 1 fully saturated rings. The molecule has 1 unspecified atom stereocenters. The van der Waals surface area contributed by atoms with Gasteiger partial charge in [0, 0.05) is 6.66 Å². The Bertz CT molecular complexity index is 998. The highest BCUT2D eigenvalue weighted by Gasteiger charge is 2.48. The van der Waals surface area contributed by atoms with Crippen LogP contribution in [0.2, 0.25) is 0 Å². The van der Waals surface area contributed by atoms with Gasteiger partial charge in [0.15, 0.2) is 11.2 Å². The predicted molar refractivity (Wildman–Crippen MR) is 98.9 cm³/mol. The normalized spacial score (nSPS) is 17.2. The van der Waals surface area contributed by atoms with Gasteiger partial charge in [0.1, 0.15) is 5.60 Å². The van der Waals surface area contributed by atoms with Crippen LogP contribution in [0.1, 0.15) is 26.7 Å². The number of hydrogen-bond donors (Lipinski definition) is 2. The molecule has 1 saturated carbocycles. The standard InChI is InChI=1S/C15H22N5O8P/c1-9(2)26-14(22)24-8-25-29(3,23)28-27-15(4-5-15)6-20-7-17-10-11(20)18-13(16)19-12(10)21/h7,9H,4-6,8H2,1-3H3,(H3,16,18,19,21). The third-order valence-electron chi connectivity index (χ3n) is 3.90. The van der Waals surface area contributed by atoms with Crippen LogP contribution in [-0.2, 0) is 34.7 Å². The lowest BCUT2D eigenvalue weighted by Crippen LogP contribution is -2.22. The molecule has 0 saturated heterocycles. The number of nitrogens with two attached hydrogens (primary N) is 1. The Labute approximate surface area is 164 Å². The molecule has 1 aliphatic rings. The van der Waals surface area contributed by atoms with Gasteiger partial charge in [0.2, 0.25) is 12.7 Å². The minimum absolute atomic E-state index is 0.0336. The zero-order valence-electron chi connectivity index (χ0n) is 16.1. The number of nitrogens with one attached hydrogen (secondary N) is 1. The Hall–Kier alpha value is -2.47. The molecule has 14 heteroatoms. The minimum atomic E-state index is -3.66. The van der Waals surface area contributed by atoms with Crippen LogP contribution < -0.4 is 11.3 Å². The number of carbonyl (C=O) groups is 1. The van der Waals surface area contributed by atoms with E-state index in [4.69, 9.17) is 24.6 Å². The zero-order chi connectivity index (χ0) is 21.2. The average molecular weight is 431 g/mol. The van der Waals surface area contributed by atoms with Crippen molar-refractivity contribution < 1.29 is 32.9 Å². The molecule has 2 heterocycles. The molecule has 29 heavy (non-hydrogen) atoms. The van der Waals surface area contributed by atoms with Gasteiger partial charge in [-0.15, -0.1) is 4.67 Å². The number of imidazole rings is 1. The number of nitrogens with zero attached hydrogens (tertiary/aromatic N) is 3. The van der Waals surface area contributed by atoms with Gasteiger partial charge in [-0.3, -0.25) is 18.9 Å². The summed E-state index contributed by atoms with van der Waals surface area (Å²) in [5, 5.41) is 0. The van der Waals surface area contributed by atoms with E-state index in [-0.39, 0.29) is 24.1 Å². The van der Waals surface area contributed by atoms with Crippen LogP contribution in [0.5, 0.6) is 0 Å². The predicted octanol–water partition coefficient (Wildman–Crippen LogP) is 1.54. The molecule has 0 spiro atoms. The molecule has 0 aliphatic heterocycles. The summed E-state index contributed by atoms with van der Waals surface area (Å²) in [4.78, 5) is 38.9. The van der Waals surface area contributed by atoms with E-state index in [1.54, 1.807) is 18.4 Å². The number of anilines is 1. The molecule has 3 rings (SSSR count). The summed E-state index contributed by atoms with van der Waals surface area (Å²) >= 11 is 0. The minimum Gasteiger partial charge on any atom is -0.432 e. The van der Waals surface area contributed by atoms with E-state index in [1.807, 2.05) is 0 Å². The monoisotopic (exact) mass is 431 g/mol. The van der Waals surface area contributed by atoms with Crippen molar-refractivity contribution in [3.8, 4) is 0 Å². The maximum absolute atomic E-state index is 12.3. The molecule has 13 nitrogen and oxygen atoms in total. The van der Waals surface area contributed by atoms with Crippen molar-refractivity contribution in [3.63, 3.8) is 0 Å². The van der Waals surface area contributed by atoms with Gasteiger partial charge in [0.05, 0.1) is 19.0 Å². The summed E-state index contributed by atoms with van der Waals surface area (Å²) < 4.78 is 33.2. The van der Waals surface area contributed by atoms with Gasteiger partial charge in [-0.1, -0.05) is 0 Å². The Morgan fingerprint density at radius 1 is 1.45 bits per heavy atom. The van der Waals surface area contributed by atoms with Crippen molar-refractivity contribution in [3.05, 3.63) is 16.7 Å². The van der Waals surface area contributed by atoms with E-state index >= 15 is 0 Å². The molecule has 0 aromatic carbocycles. The van der Waals surface area contributed by atoms with E-state index in [2.05, 4.69) is 19.7 Å². The van der Waals surface area contributed by atoms with E-state index in [0.29, 0.717) is 18.5 Å². The van der Waals surface area contributed by atoms with Crippen molar-refractivity contribution >= 4 is 30.9 Å². The topological polar surface area (TPSA) is 170 Å². The van der Waals surface area contributed by atoms with Crippen LogP contribution >= 0.6 is 7.60 Å². The lowest BCUT2D eigenvalue weighted by molar-refractivity contribution is -0.268. The highest BCUT2D eigenvalue weighted by Crippen LogP contribution is 2.50. The molecule has 0 radical (unpaired) electrons. The molecule has 0 amide bonds. The third kappa shape index (κ3) is 5.54. The first-order chi connectivity index (χ1) is 13.6. The number of rotatable bonds is 9. The van der Waals surface area contributed by atoms with Gasteiger partial charge >= 0.3 is 13.8 Å². The fourth-order valence-electron chi connectivity index (χ4n) is 2.37. The first-order valence-electron chi connectivity index (χ1n) is 8.73. The number of carbonyl (C=O) groups excluding carboxylic acids is 1. The summed E-state index contributed by atoms with van der Waals surface area (Å²) in [7, 11) is -3.66. The zero-order valence-corrected chi connectivity index (χ0v) is 17.0. The lowest BCUT2D eigenvalue weighted by Gasteiger charge is -2.19. The fourth-order valence-corrected chi connectivity index (χ4v) is 2.95. The first kappa shape index (κ1) is 21.2. The molecule has 2 aromatic rings. The summed E-state index contributed by atoms with van der Waals surface area (Å²) in [5.74, 6) is -0.0336. The van der Waals surface area contributed by atoms with Gasteiger partial charge in [-0.25, -0.2) is 14.7 Å².